The number of fused-ring (bicyclic) bond motifs is 6. The molecular weight excluding hydrogens is 603 g/mol. The first-order valence-corrected chi connectivity index (χ1v) is 19.4. The molecule has 4 bridgehead atoms. The smallest absolute Gasteiger partial charge is 0.252 e. The molecule has 248 valence electrons. The number of nitrogens with zero attached hydrogens (tertiary/aromatic N) is 2. The van der Waals surface area contributed by atoms with Crippen molar-refractivity contribution >= 4 is 57.2 Å². The number of anilines is 6. The number of rotatable bonds is 2. The lowest BCUT2D eigenvalue weighted by atomic mass is 9.32. The van der Waals surface area contributed by atoms with Crippen molar-refractivity contribution in [1.82, 2.24) is 0 Å². The fraction of sp³-hybridized carbons (Fsp3) is 0.362. The van der Waals surface area contributed by atoms with E-state index >= 15 is 0 Å². The Balaban J connectivity index is 1.20. The second kappa shape index (κ2) is 9.96. The molecule has 2 nitrogen and oxygen atoms in total. The lowest BCUT2D eigenvalue weighted by molar-refractivity contribution is -0.0419. The quantitative estimate of drug-likeness (QED) is 0.172. The van der Waals surface area contributed by atoms with Crippen molar-refractivity contribution in [3.05, 3.63) is 125 Å². The molecule has 3 heterocycles. The normalized spacial score (nSPS) is 26.2. The highest BCUT2D eigenvalue weighted by Crippen LogP contribution is 2.69. The fourth-order valence-corrected chi connectivity index (χ4v) is 12.3. The molecule has 4 aliphatic carbocycles. The van der Waals surface area contributed by atoms with E-state index in [4.69, 9.17) is 0 Å². The monoisotopic (exact) mass is 650 g/mol. The third kappa shape index (κ3) is 3.67. The standard InChI is InChI=1S/C47H47BN2/c1-28(2)31-16-21-41-39(27-31)48-38-12-8-11-37-45(38)50(40-13-7-6-10-36(40)47(37)33-23-29-22-30(25-33)26-34(47)24-29)43-15-9-14-42(44(43)48)49(41)35-19-17-32(18-20-35)46(3,4)5/h6-21,27-30,33-34H,22-26H2,1-5H3. The summed E-state index contributed by atoms with van der Waals surface area (Å²) in [5.41, 5.74) is 18.8. The molecule has 0 atom stereocenters. The van der Waals surface area contributed by atoms with Crippen LogP contribution in [0, 0.1) is 23.7 Å². The highest BCUT2D eigenvalue weighted by Gasteiger charge is 2.62. The number of benzene rings is 5. The second-order valence-corrected chi connectivity index (χ2v) is 18.0. The minimum Gasteiger partial charge on any atom is -0.311 e. The Hall–Kier alpha value is -4.24. The molecule has 3 aliphatic heterocycles. The van der Waals surface area contributed by atoms with Crippen molar-refractivity contribution in [2.24, 2.45) is 23.7 Å². The summed E-state index contributed by atoms with van der Waals surface area (Å²) < 4.78 is 0. The van der Waals surface area contributed by atoms with Crippen LogP contribution in [0.2, 0.25) is 0 Å². The zero-order chi connectivity index (χ0) is 33.7. The molecule has 4 saturated carbocycles. The van der Waals surface area contributed by atoms with Crippen molar-refractivity contribution < 1.29 is 0 Å². The third-order valence-electron chi connectivity index (χ3n) is 14.2. The first kappa shape index (κ1) is 29.5. The maximum Gasteiger partial charge on any atom is 0.252 e. The molecule has 0 amide bonds. The molecule has 12 rings (SSSR count). The van der Waals surface area contributed by atoms with Crippen LogP contribution in [0.25, 0.3) is 0 Å². The van der Waals surface area contributed by atoms with E-state index in [1.165, 1.54) is 93.7 Å². The molecule has 50 heavy (non-hydrogen) atoms. The van der Waals surface area contributed by atoms with Crippen LogP contribution >= 0.6 is 0 Å². The second-order valence-electron chi connectivity index (χ2n) is 18.0. The third-order valence-corrected chi connectivity index (χ3v) is 14.2. The topological polar surface area (TPSA) is 6.48 Å². The van der Waals surface area contributed by atoms with Gasteiger partial charge in [0.2, 0.25) is 0 Å². The van der Waals surface area contributed by atoms with Gasteiger partial charge in [-0.1, -0.05) is 101 Å². The van der Waals surface area contributed by atoms with Crippen molar-refractivity contribution in [2.45, 2.75) is 83.5 Å². The van der Waals surface area contributed by atoms with Gasteiger partial charge < -0.3 is 9.80 Å². The Bertz CT molecular complexity index is 2190. The van der Waals surface area contributed by atoms with Crippen LogP contribution in [-0.4, -0.2) is 6.71 Å². The minimum atomic E-state index is 0.110. The van der Waals surface area contributed by atoms with Crippen LogP contribution in [0.1, 0.15) is 94.9 Å². The Morgan fingerprint density at radius 1 is 0.620 bits per heavy atom. The average molecular weight is 651 g/mol. The van der Waals surface area contributed by atoms with Crippen molar-refractivity contribution in [3.8, 4) is 0 Å². The summed E-state index contributed by atoms with van der Waals surface area (Å²) in [5.74, 6) is 3.79. The molecule has 5 aromatic rings. The van der Waals surface area contributed by atoms with Gasteiger partial charge in [-0.05, 0) is 142 Å². The van der Waals surface area contributed by atoms with Crippen molar-refractivity contribution in [1.29, 1.82) is 0 Å². The zero-order valence-electron chi connectivity index (χ0n) is 30.2. The summed E-state index contributed by atoms with van der Waals surface area (Å²) in [4.78, 5) is 5.27. The van der Waals surface area contributed by atoms with Gasteiger partial charge in [-0.2, -0.15) is 0 Å². The van der Waals surface area contributed by atoms with Crippen molar-refractivity contribution in [2.75, 3.05) is 9.80 Å². The van der Waals surface area contributed by atoms with Crippen LogP contribution in [0.3, 0.4) is 0 Å². The molecule has 7 aliphatic rings. The first-order chi connectivity index (χ1) is 24.2. The van der Waals surface area contributed by atoms with Crippen LogP contribution in [-0.2, 0) is 10.8 Å². The molecule has 3 heteroatoms. The summed E-state index contributed by atoms with van der Waals surface area (Å²) in [7, 11) is 0. The SMILES string of the molecule is CC(C)c1ccc2c(c1)B1c3cccc4c3N(c3ccccc3C43C4CC5CC(C4)CC3C5)c3cccc(c31)N2c1ccc(C(C)(C)C)cc1. The van der Waals surface area contributed by atoms with Gasteiger partial charge in [0.1, 0.15) is 0 Å². The summed E-state index contributed by atoms with van der Waals surface area (Å²) >= 11 is 0. The van der Waals surface area contributed by atoms with E-state index in [0.717, 1.165) is 23.7 Å². The number of hydrogen-bond acceptors (Lipinski definition) is 2. The summed E-state index contributed by atoms with van der Waals surface area (Å²) in [6, 6.07) is 41.0. The van der Waals surface area contributed by atoms with Gasteiger partial charge in [0.05, 0.1) is 5.69 Å². The molecule has 1 spiro atoms. The highest BCUT2D eigenvalue weighted by molar-refractivity contribution is 7.00. The predicted molar refractivity (Wildman–Crippen MR) is 211 cm³/mol. The zero-order valence-corrected chi connectivity index (χ0v) is 30.2. The minimum absolute atomic E-state index is 0.110. The van der Waals surface area contributed by atoms with Gasteiger partial charge in [0.15, 0.2) is 0 Å². The van der Waals surface area contributed by atoms with Crippen molar-refractivity contribution in [3.63, 3.8) is 0 Å². The maximum atomic E-state index is 2.71. The van der Waals surface area contributed by atoms with Gasteiger partial charge >= 0.3 is 0 Å². The highest BCUT2D eigenvalue weighted by atomic mass is 15.2. The predicted octanol–water partition coefficient (Wildman–Crippen LogP) is 10.2. The van der Waals surface area contributed by atoms with Crippen LogP contribution in [0.5, 0.6) is 0 Å². The lowest BCUT2D eigenvalue weighted by Crippen LogP contribution is -2.64. The molecule has 4 fully saturated rings. The van der Waals surface area contributed by atoms with Gasteiger partial charge in [-0.25, -0.2) is 0 Å². The van der Waals surface area contributed by atoms with E-state index in [2.05, 4.69) is 148 Å². The van der Waals surface area contributed by atoms with Gasteiger partial charge in [-0.3, -0.25) is 0 Å². The fourth-order valence-electron chi connectivity index (χ4n) is 12.3. The summed E-state index contributed by atoms with van der Waals surface area (Å²) in [6.07, 6.45) is 7.08. The molecule has 5 aromatic carbocycles. The van der Waals surface area contributed by atoms with E-state index < -0.39 is 0 Å². The number of para-hydroxylation sites is 2. The number of hydrogen-bond donors (Lipinski definition) is 0. The van der Waals surface area contributed by atoms with E-state index in [0.29, 0.717) is 5.92 Å². The van der Waals surface area contributed by atoms with Crippen LogP contribution in [0.4, 0.5) is 34.1 Å². The van der Waals surface area contributed by atoms with E-state index in [9.17, 15) is 0 Å². The summed E-state index contributed by atoms with van der Waals surface area (Å²) in [6.45, 7) is 11.8. The van der Waals surface area contributed by atoms with Crippen LogP contribution < -0.4 is 26.2 Å². The molecule has 0 N–H and O–H groups in total. The molecule has 0 radical (unpaired) electrons. The van der Waals surface area contributed by atoms with E-state index in [1.54, 1.807) is 11.1 Å². The first-order valence-electron chi connectivity index (χ1n) is 19.4. The largest absolute Gasteiger partial charge is 0.311 e. The maximum absolute atomic E-state index is 2.71. The Morgan fingerprint density at radius 2 is 1.26 bits per heavy atom. The molecule has 0 aromatic heterocycles. The van der Waals surface area contributed by atoms with Gasteiger partial charge in [0.25, 0.3) is 6.71 Å². The Morgan fingerprint density at radius 3 is 1.96 bits per heavy atom. The molecule has 0 saturated heterocycles. The summed E-state index contributed by atoms with van der Waals surface area (Å²) in [5, 5.41) is 0. The van der Waals surface area contributed by atoms with E-state index in [1.807, 2.05) is 0 Å². The van der Waals surface area contributed by atoms with Gasteiger partial charge in [0, 0.05) is 33.9 Å². The molecule has 0 unspecified atom stereocenters. The lowest BCUT2D eigenvalue weighted by Gasteiger charge is -2.64. The van der Waals surface area contributed by atoms with E-state index in [-0.39, 0.29) is 17.5 Å². The molecular formula is C47H47BN2. The van der Waals surface area contributed by atoms with Gasteiger partial charge in [-0.15, -0.1) is 0 Å². The Labute approximate surface area is 298 Å². The van der Waals surface area contributed by atoms with Crippen LogP contribution in [0.15, 0.2) is 103 Å². The average Bonchev–Trinajstić information content (AvgIpc) is 3.11. The Kier molecular flexibility index (Phi) is 5.88.